The molecule has 1 aliphatic carbocycles. The molecule has 3 heteroatoms. The number of fused-ring (bicyclic) bond motifs is 1. The van der Waals surface area contributed by atoms with Crippen LogP contribution in [0, 0.1) is 11.8 Å². The molecular formula is C17H25ClN2. The first-order valence-corrected chi connectivity index (χ1v) is 8.35. The van der Waals surface area contributed by atoms with Crippen molar-refractivity contribution in [1.29, 1.82) is 0 Å². The zero-order valence-corrected chi connectivity index (χ0v) is 12.9. The number of likely N-dealkylation sites (tertiary alicyclic amines) is 1. The molecule has 0 radical (unpaired) electrons. The van der Waals surface area contributed by atoms with Crippen LogP contribution in [0.1, 0.15) is 43.7 Å². The lowest BCUT2D eigenvalue weighted by Gasteiger charge is -2.44. The maximum Gasteiger partial charge on any atom is 0.0471 e. The Balaban J connectivity index is 1.73. The molecule has 110 valence electrons. The highest BCUT2D eigenvalue weighted by Gasteiger charge is 2.33. The fourth-order valence-corrected chi connectivity index (χ4v) is 4.32. The Kier molecular flexibility index (Phi) is 4.65. The van der Waals surface area contributed by atoms with Crippen molar-refractivity contribution in [2.24, 2.45) is 17.6 Å². The number of benzene rings is 1. The Labute approximate surface area is 127 Å². The summed E-state index contributed by atoms with van der Waals surface area (Å²) in [7, 11) is 0. The van der Waals surface area contributed by atoms with Crippen molar-refractivity contribution < 1.29 is 0 Å². The molecule has 1 aliphatic heterocycles. The molecule has 3 unspecified atom stereocenters. The smallest absolute Gasteiger partial charge is 0.0471 e. The Hall–Kier alpha value is -0.570. The molecule has 1 aromatic rings. The van der Waals surface area contributed by atoms with E-state index in [1.54, 1.807) is 0 Å². The van der Waals surface area contributed by atoms with E-state index in [1.807, 2.05) is 12.1 Å². The van der Waals surface area contributed by atoms with Gasteiger partial charge in [0.1, 0.15) is 0 Å². The Bertz CT molecular complexity index is 448. The van der Waals surface area contributed by atoms with E-state index in [0.29, 0.717) is 12.6 Å². The number of nitrogens with two attached hydrogens (primary N) is 1. The highest BCUT2D eigenvalue weighted by atomic mass is 35.5. The second-order valence-corrected chi connectivity index (χ2v) is 6.83. The number of hydrogen-bond acceptors (Lipinski definition) is 2. The first-order chi connectivity index (χ1) is 9.78. The van der Waals surface area contributed by atoms with E-state index in [0.717, 1.165) is 16.9 Å². The van der Waals surface area contributed by atoms with Crippen LogP contribution in [-0.4, -0.2) is 24.5 Å². The largest absolute Gasteiger partial charge is 0.329 e. The molecule has 1 saturated carbocycles. The van der Waals surface area contributed by atoms with Crippen LogP contribution < -0.4 is 5.73 Å². The number of halogens is 1. The SMILES string of the molecule is NCC(c1cccc(Cl)c1)N1CCC2CCCCC2C1. The fourth-order valence-electron chi connectivity index (χ4n) is 4.12. The minimum absolute atomic E-state index is 0.330. The molecular weight excluding hydrogens is 268 g/mol. The first-order valence-electron chi connectivity index (χ1n) is 7.97. The predicted octanol–water partition coefficient (Wildman–Crippen LogP) is 3.85. The molecule has 0 amide bonds. The fraction of sp³-hybridized carbons (Fsp3) is 0.647. The van der Waals surface area contributed by atoms with Crippen molar-refractivity contribution in [3.8, 4) is 0 Å². The molecule has 2 nitrogen and oxygen atoms in total. The van der Waals surface area contributed by atoms with Gasteiger partial charge >= 0.3 is 0 Å². The van der Waals surface area contributed by atoms with E-state index in [9.17, 15) is 0 Å². The van der Waals surface area contributed by atoms with Crippen LogP contribution in [0.15, 0.2) is 24.3 Å². The molecule has 1 saturated heterocycles. The lowest BCUT2D eigenvalue weighted by Crippen LogP contribution is -2.45. The molecule has 2 fully saturated rings. The van der Waals surface area contributed by atoms with Crippen molar-refractivity contribution in [3.05, 3.63) is 34.9 Å². The number of hydrogen-bond donors (Lipinski definition) is 1. The van der Waals surface area contributed by atoms with Gasteiger partial charge in [0.05, 0.1) is 0 Å². The summed E-state index contributed by atoms with van der Waals surface area (Å²) in [6.45, 7) is 3.09. The van der Waals surface area contributed by atoms with E-state index in [-0.39, 0.29) is 0 Å². The molecule has 3 atom stereocenters. The van der Waals surface area contributed by atoms with Gasteiger partial charge in [-0.15, -0.1) is 0 Å². The van der Waals surface area contributed by atoms with Crippen LogP contribution in [0.25, 0.3) is 0 Å². The molecule has 0 bridgehead atoms. The van der Waals surface area contributed by atoms with Gasteiger partial charge in [-0.3, -0.25) is 4.90 Å². The molecule has 0 aromatic heterocycles. The highest BCUT2D eigenvalue weighted by molar-refractivity contribution is 6.30. The van der Waals surface area contributed by atoms with Crippen LogP contribution in [0.2, 0.25) is 5.02 Å². The predicted molar refractivity (Wildman–Crippen MR) is 84.9 cm³/mol. The highest BCUT2D eigenvalue weighted by Crippen LogP contribution is 2.38. The average molecular weight is 293 g/mol. The second kappa shape index (κ2) is 6.46. The summed E-state index contributed by atoms with van der Waals surface area (Å²) in [4.78, 5) is 2.60. The van der Waals surface area contributed by atoms with Crippen molar-refractivity contribution in [3.63, 3.8) is 0 Å². The topological polar surface area (TPSA) is 29.3 Å². The molecule has 2 N–H and O–H groups in total. The molecule has 20 heavy (non-hydrogen) atoms. The Morgan fingerprint density at radius 1 is 1.20 bits per heavy atom. The van der Waals surface area contributed by atoms with Gasteiger partial charge in [0, 0.05) is 24.2 Å². The van der Waals surface area contributed by atoms with E-state index in [4.69, 9.17) is 17.3 Å². The van der Waals surface area contributed by atoms with Gasteiger partial charge in [-0.2, -0.15) is 0 Å². The van der Waals surface area contributed by atoms with Crippen LogP contribution in [-0.2, 0) is 0 Å². The number of rotatable bonds is 3. The zero-order valence-electron chi connectivity index (χ0n) is 12.1. The minimum atomic E-state index is 0.330. The summed E-state index contributed by atoms with van der Waals surface area (Å²) in [6.07, 6.45) is 7.06. The molecule has 1 aromatic carbocycles. The quantitative estimate of drug-likeness (QED) is 0.917. The Morgan fingerprint density at radius 2 is 2.00 bits per heavy atom. The van der Waals surface area contributed by atoms with Gasteiger partial charge in [-0.25, -0.2) is 0 Å². The Morgan fingerprint density at radius 3 is 2.75 bits per heavy atom. The number of nitrogens with zero attached hydrogens (tertiary/aromatic N) is 1. The summed E-state index contributed by atoms with van der Waals surface area (Å²) in [5, 5.41) is 0.813. The van der Waals surface area contributed by atoms with Crippen LogP contribution >= 0.6 is 11.6 Å². The zero-order chi connectivity index (χ0) is 13.9. The van der Waals surface area contributed by atoms with Gasteiger partial charge in [-0.05, 0) is 48.9 Å². The van der Waals surface area contributed by atoms with Gasteiger partial charge in [0.15, 0.2) is 0 Å². The normalized spacial score (nSPS) is 28.9. The molecule has 1 heterocycles. The summed E-state index contributed by atoms with van der Waals surface area (Å²) in [5.74, 6) is 1.86. The number of piperidine rings is 1. The van der Waals surface area contributed by atoms with Crippen LogP contribution in [0.5, 0.6) is 0 Å². The van der Waals surface area contributed by atoms with E-state index in [2.05, 4.69) is 17.0 Å². The van der Waals surface area contributed by atoms with Gasteiger partial charge in [-0.1, -0.05) is 43.0 Å². The maximum atomic E-state index is 6.14. The van der Waals surface area contributed by atoms with Gasteiger partial charge in [0.25, 0.3) is 0 Å². The second-order valence-electron chi connectivity index (χ2n) is 6.39. The minimum Gasteiger partial charge on any atom is -0.329 e. The summed E-state index contributed by atoms with van der Waals surface area (Å²) >= 11 is 6.14. The monoisotopic (exact) mass is 292 g/mol. The maximum absolute atomic E-state index is 6.14. The lowest BCUT2D eigenvalue weighted by atomic mass is 9.74. The summed E-state index contributed by atoms with van der Waals surface area (Å²) in [5.41, 5.74) is 7.34. The third-order valence-corrected chi connectivity index (χ3v) is 5.46. The third kappa shape index (κ3) is 3.03. The van der Waals surface area contributed by atoms with Crippen molar-refractivity contribution in [1.82, 2.24) is 4.90 Å². The van der Waals surface area contributed by atoms with Crippen molar-refractivity contribution >= 4 is 11.6 Å². The van der Waals surface area contributed by atoms with Gasteiger partial charge in [0.2, 0.25) is 0 Å². The van der Waals surface area contributed by atoms with E-state index < -0.39 is 0 Å². The van der Waals surface area contributed by atoms with E-state index in [1.165, 1.54) is 50.8 Å². The average Bonchev–Trinajstić information content (AvgIpc) is 2.48. The van der Waals surface area contributed by atoms with Crippen LogP contribution in [0.3, 0.4) is 0 Å². The third-order valence-electron chi connectivity index (χ3n) is 5.22. The van der Waals surface area contributed by atoms with Crippen molar-refractivity contribution in [2.45, 2.75) is 38.1 Å². The molecule has 3 rings (SSSR count). The standard InChI is InChI=1S/C17H25ClN2/c18-16-7-3-6-14(10-16)17(11-19)20-9-8-13-4-1-2-5-15(13)12-20/h3,6-7,10,13,15,17H,1-2,4-5,8-9,11-12,19H2. The first kappa shape index (κ1) is 14.4. The molecule has 0 spiro atoms. The lowest BCUT2D eigenvalue weighted by molar-refractivity contribution is 0.0586. The van der Waals surface area contributed by atoms with Crippen molar-refractivity contribution in [2.75, 3.05) is 19.6 Å². The van der Waals surface area contributed by atoms with Gasteiger partial charge < -0.3 is 5.73 Å². The van der Waals surface area contributed by atoms with Crippen LogP contribution in [0.4, 0.5) is 0 Å². The molecule has 2 aliphatic rings. The summed E-state index contributed by atoms with van der Waals surface area (Å²) in [6, 6.07) is 8.54. The van der Waals surface area contributed by atoms with E-state index >= 15 is 0 Å². The summed E-state index contributed by atoms with van der Waals surface area (Å²) < 4.78 is 0.